The fourth-order valence-electron chi connectivity index (χ4n) is 2.01. The van der Waals surface area contributed by atoms with Crippen LogP contribution >= 0.6 is 0 Å². The van der Waals surface area contributed by atoms with Crippen molar-refractivity contribution in [3.8, 4) is 0 Å². The molecule has 0 aromatic heterocycles. The molecule has 0 aliphatic heterocycles. The molecule has 1 atom stereocenters. The van der Waals surface area contributed by atoms with Crippen LogP contribution in [0.25, 0.3) is 0 Å². The molecule has 0 aromatic rings. The molecule has 1 amide bonds. The fourth-order valence-corrected chi connectivity index (χ4v) is 2.01. The van der Waals surface area contributed by atoms with Gasteiger partial charge in [0, 0.05) is 18.0 Å². The molecule has 4 heteroatoms. The molecule has 0 saturated carbocycles. The van der Waals surface area contributed by atoms with Gasteiger partial charge in [-0.3, -0.25) is 0 Å². The van der Waals surface area contributed by atoms with Crippen molar-refractivity contribution in [1.29, 1.82) is 0 Å². The van der Waals surface area contributed by atoms with E-state index in [1.807, 2.05) is 20.8 Å². The van der Waals surface area contributed by atoms with Crippen LogP contribution in [0.4, 0.5) is 9.18 Å². The lowest BCUT2D eigenvalue weighted by Gasteiger charge is -2.40. The van der Waals surface area contributed by atoms with E-state index in [2.05, 4.69) is 0 Å². The summed E-state index contributed by atoms with van der Waals surface area (Å²) in [5.74, 6) is -0.120. The highest BCUT2D eigenvalue weighted by Gasteiger charge is 2.33. The molecule has 1 rings (SSSR count). The number of rotatable bonds is 1. The molecular formula is C11H18FNO2. The molecule has 86 valence electrons. The van der Waals surface area contributed by atoms with Crippen molar-refractivity contribution in [2.45, 2.75) is 51.6 Å². The van der Waals surface area contributed by atoms with Crippen molar-refractivity contribution in [2.75, 3.05) is 0 Å². The minimum absolute atomic E-state index is 0.0954. The van der Waals surface area contributed by atoms with Crippen molar-refractivity contribution < 1.29 is 14.3 Å². The summed E-state index contributed by atoms with van der Waals surface area (Å²) in [7, 11) is 0. The van der Waals surface area contributed by atoms with Gasteiger partial charge in [0.25, 0.3) is 0 Å². The summed E-state index contributed by atoms with van der Waals surface area (Å²) in [4.78, 5) is 12.6. The molecule has 0 aromatic carbocycles. The molecule has 0 fully saturated rings. The van der Waals surface area contributed by atoms with E-state index < -0.39 is 11.6 Å². The highest BCUT2D eigenvalue weighted by molar-refractivity contribution is 5.66. The summed E-state index contributed by atoms with van der Waals surface area (Å²) in [5.41, 5.74) is -0.432. The first-order chi connectivity index (χ1) is 6.82. The van der Waals surface area contributed by atoms with Gasteiger partial charge in [0.15, 0.2) is 0 Å². The van der Waals surface area contributed by atoms with Crippen molar-refractivity contribution in [1.82, 2.24) is 4.90 Å². The summed E-state index contributed by atoms with van der Waals surface area (Å²) in [5, 5.41) is 9.14. The summed E-state index contributed by atoms with van der Waals surface area (Å²) >= 11 is 0. The third kappa shape index (κ3) is 2.94. The monoisotopic (exact) mass is 215 g/mol. The van der Waals surface area contributed by atoms with Gasteiger partial charge in [0.2, 0.25) is 0 Å². The number of carbonyl (C=O) groups is 1. The first-order valence-corrected chi connectivity index (χ1v) is 5.19. The molecule has 1 N–H and O–H groups in total. The van der Waals surface area contributed by atoms with Gasteiger partial charge in [-0.1, -0.05) is 6.08 Å². The zero-order valence-corrected chi connectivity index (χ0v) is 9.46. The minimum Gasteiger partial charge on any atom is -0.465 e. The van der Waals surface area contributed by atoms with E-state index in [9.17, 15) is 9.18 Å². The van der Waals surface area contributed by atoms with Crippen molar-refractivity contribution in [3.05, 3.63) is 11.9 Å². The first-order valence-electron chi connectivity index (χ1n) is 5.19. The number of carboxylic acid groups (broad SMARTS) is 1. The standard InChI is InChI=1S/C11H18FNO2/c1-11(2,3)13(10(14)15)9-6-4-8(12)5-7-9/h4,9H,5-7H2,1-3H3,(H,14,15). The maximum atomic E-state index is 12.8. The molecule has 0 saturated heterocycles. The smallest absolute Gasteiger partial charge is 0.407 e. The van der Waals surface area contributed by atoms with E-state index in [0.717, 1.165) is 0 Å². The summed E-state index contributed by atoms with van der Waals surface area (Å²) < 4.78 is 12.8. The van der Waals surface area contributed by atoms with E-state index in [-0.39, 0.29) is 11.9 Å². The summed E-state index contributed by atoms with van der Waals surface area (Å²) in [6, 6.07) is -0.0954. The van der Waals surface area contributed by atoms with Gasteiger partial charge in [-0.2, -0.15) is 0 Å². The van der Waals surface area contributed by atoms with Crippen molar-refractivity contribution in [3.63, 3.8) is 0 Å². The Morgan fingerprint density at radius 2 is 2.20 bits per heavy atom. The van der Waals surface area contributed by atoms with Crippen LogP contribution in [0.15, 0.2) is 11.9 Å². The van der Waals surface area contributed by atoms with Gasteiger partial charge in [0.1, 0.15) is 0 Å². The van der Waals surface area contributed by atoms with Gasteiger partial charge in [-0.05, 0) is 33.6 Å². The third-order valence-corrected chi connectivity index (χ3v) is 2.62. The van der Waals surface area contributed by atoms with Crippen LogP contribution in [-0.4, -0.2) is 27.7 Å². The average Bonchev–Trinajstić information content (AvgIpc) is 2.05. The fraction of sp³-hybridized carbons (Fsp3) is 0.727. The van der Waals surface area contributed by atoms with Crippen LogP contribution in [0.5, 0.6) is 0 Å². The molecule has 0 heterocycles. The predicted octanol–water partition coefficient (Wildman–Crippen LogP) is 3.17. The number of halogens is 1. The Morgan fingerprint density at radius 3 is 2.53 bits per heavy atom. The SMILES string of the molecule is CC(C)(C)N(C(=O)O)C1CC=C(F)CC1. The van der Waals surface area contributed by atoms with Crippen molar-refractivity contribution in [2.24, 2.45) is 0 Å². The topological polar surface area (TPSA) is 40.5 Å². The van der Waals surface area contributed by atoms with E-state index in [0.29, 0.717) is 19.3 Å². The highest BCUT2D eigenvalue weighted by atomic mass is 19.1. The molecule has 3 nitrogen and oxygen atoms in total. The maximum Gasteiger partial charge on any atom is 0.407 e. The second kappa shape index (κ2) is 4.21. The quantitative estimate of drug-likeness (QED) is 0.729. The largest absolute Gasteiger partial charge is 0.465 e. The second-order valence-electron chi connectivity index (χ2n) is 4.90. The van der Waals surface area contributed by atoms with Crippen LogP contribution in [-0.2, 0) is 0 Å². The van der Waals surface area contributed by atoms with Gasteiger partial charge in [0.05, 0.1) is 5.83 Å². The number of allylic oxidation sites excluding steroid dienone is 1. The van der Waals surface area contributed by atoms with Crippen LogP contribution in [0, 0.1) is 0 Å². The lowest BCUT2D eigenvalue weighted by molar-refractivity contribution is 0.0654. The van der Waals surface area contributed by atoms with Gasteiger partial charge in [-0.25, -0.2) is 9.18 Å². The van der Waals surface area contributed by atoms with E-state index >= 15 is 0 Å². The van der Waals surface area contributed by atoms with Crippen LogP contribution in [0.1, 0.15) is 40.0 Å². The summed E-state index contributed by atoms with van der Waals surface area (Å²) in [6.45, 7) is 5.57. The normalized spacial score (nSPS) is 22.1. The lowest BCUT2D eigenvalue weighted by atomic mass is 9.95. The van der Waals surface area contributed by atoms with Gasteiger partial charge in [-0.15, -0.1) is 0 Å². The first kappa shape index (κ1) is 12.0. The zero-order valence-electron chi connectivity index (χ0n) is 9.46. The maximum absolute atomic E-state index is 12.8. The summed E-state index contributed by atoms with van der Waals surface area (Å²) in [6.07, 6.45) is 1.98. The van der Waals surface area contributed by atoms with Crippen molar-refractivity contribution >= 4 is 6.09 Å². The molecule has 1 unspecified atom stereocenters. The number of hydrogen-bond donors (Lipinski definition) is 1. The van der Waals surface area contributed by atoms with E-state index in [4.69, 9.17) is 5.11 Å². The third-order valence-electron chi connectivity index (χ3n) is 2.62. The molecular weight excluding hydrogens is 197 g/mol. The molecule has 15 heavy (non-hydrogen) atoms. The zero-order chi connectivity index (χ0) is 11.6. The van der Waals surface area contributed by atoms with Gasteiger partial charge >= 0.3 is 6.09 Å². The average molecular weight is 215 g/mol. The Hall–Kier alpha value is -1.06. The van der Waals surface area contributed by atoms with Gasteiger partial charge < -0.3 is 10.0 Å². The highest BCUT2D eigenvalue weighted by Crippen LogP contribution is 2.28. The Balaban J connectivity index is 2.79. The Bertz CT molecular complexity index is 281. The Kier molecular flexibility index (Phi) is 3.37. The Labute approximate surface area is 89.6 Å². The number of hydrogen-bond acceptors (Lipinski definition) is 1. The molecule has 1 aliphatic carbocycles. The van der Waals surface area contributed by atoms with Crippen LogP contribution in [0.3, 0.4) is 0 Å². The van der Waals surface area contributed by atoms with E-state index in [1.165, 1.54) is 11.0 Å². The minimum atomic E-state index is -0.928. The van der Waals surface area contributed by atoms with Crippen LogP contribution < -0.4 is 0 Å². The molecule has 0 radical (unpaired) electrons. The number of amides is 1. The molecule has 0 bridgehead atoms. The Morgan fingerprint density at radius 1 is 1.60 bits per heavy atom. The number of nitrogens with zero attached hydrogens (tertiary/aromatic N) is 1. The van der Waals surface area contributed by atoms with E-state index in [1.54, 1.807) is 0 Å². The predicted molar refractivity (Wildman–Crippen MR) is 56.4 cm³/mol. The molecule has 0 spiro atoms. The molecule has 1 aliphatic rings. The lowest BCUT2D eigenvalue weighted by Crippen LogP contribution is -2.51. The van der Waals surface area contributed by atoms with Crippen LogP contribution in [0.2, 0.25) is 0 Å². The second-order valence-corrected chi connectivity index (χ2v) is 4.90.